The highest BCUT2D eigenvalue weighted by Gasteiger charge is 2.29. The first kappa shape index (κ1) is 12.0. The van der Waals surface area contributed by atoms with E-state index >= 15 is 0 Å². The van der Waals surface area contributed by atoms with Crippen LogP contribution in [0.5, 0.6) is 0 Å². The third kappa shape index (κ3) is 4.55. The van der Waals surface area contributed by atoms with Gasteiger partial charge >= 0.3 is 6.18 Å². The summed E-state index contributed by atoms with van der Waals surface area (Å²) in [5.74, 6) is 0. The summed E-state index contributed by atoms with van der Waals surface area (Å²) in [7, 11) is 0. The second-order valence-corrected chi connectivity index (χ2v) is 2.57. The third-order valence-corrected chi connectivity index (χ3v) is 1.64. The van der Waals surface area contributed by atoms with E-state index in [1.54, 1.807) is 13.0 Å². The molecule has 0 unspecified atom stereocenters. The fourth-order valence-corrected chi connectivity index (χ4v) is 0.720. The van der Waals surface area contributed by atoms with Crippen molar-refractivity contribution in [1.82, 2.24) is 0 Å². The molecule has 0 aromatic carbocycles. The molecule has 13 heavy (non-hydrogen) atoms. The molecule has 0 radical (unpaired) electrons. The summed E-state index contributed by atoms with van der Waals surface area (Å²) in [5, 5.41) is 0. The molecule has 0 heterocycles. The van der Waals surface area contributed by atoms with Gasteiger partial charge in [0, 0.05) is 5.57 Å². The third-order valence-electron chi connectivity index (χ3n) is 1.64. The van der Waals surface area contributed by atoms with Gasteiger partial charge in [-0.15, -0.1) is 0 Å². The van der Waals surface area contributed by atoms with Crippen molar-refractivity contribution in [3.8, 4) is 0 Å². The zero-order valence-corrected chi connectivity index (χ0v) is 7.78. The molecular weight excluding hydrogens is 177 g/mol. The van der Waals surface area contributed by atoms with E-state index in [9.17, 15) is 13.2 Å². The zero-order chi connectivity index (χ0) is 10.5. The predicted molar refractivity (Wildman–Crippen MR) is 48.4 cm³/mol. The van der Waals surface area contributed by atoms with Crippen LogP contribution in [0.15, 0.2) is 36.0 Å². The SMILES string of the molecule is C=C(/C=C\C(=C/C)CC)C(F)(F)F. The minimum atomic E-state index is -4.32. The average Bonchev–Trinajstić information content (AvgIpc) is 2.04. The number of rotatable bonds is 3. The van der Waals surface area contributed by atoms with E-state index in [1.807, 2.05) is 6.92 Å². The lowest BCUT2D eigenvalue weighted by atomic mass is 10.1. The van der Waals surface area contributed by atoms with Gasteiger partial charge in [0.25, 0.3) is 0 Å². The molecule has 0 nitrogen and oxygen atoms in total. The molecule has 0 aromatic heterocycles. The van der Waals surface area contributed by atoms with Crippen LogP contribution in [0.25, 0.3) is 0 Å². The van der Waals surface area contributed by atoms with Crippen molar-refractivity contribution in [2.75, 3.05) is 0 Å². The Morgan fingerprint density at radius 2 is 1.85 bits per heavy atom. The standard InChI is InChI=1S/C10H13F3/c1-4-9(5-2)7-6-8(3)10(11,12)13/h4,6-7H,3,5H2,1-2H3/b7-6-,9-4-. The van der Waals surface area contributed by atoms with Crippen LogP contribution < -0.4 is 0 Å². The lowest BCUT2D eigenvalue weighted by molar-refractivity contribution is -0.0878. The zero-order valence-electron chi connectivity index (χ0n) is 7.78. The number of halogens is 3. The first-order valence-electron chi connectivity index (χ1n) is 4.01. The van der Waals surface area contributed by atoms with E-state index < -0.39 is 11.7 Å². The Bertz CT molecular complexity index is 231. The van der Waals surface area contributed by atoms with Crippen LogP contribution in [-0.4, -0.2) is 6.18 Å². The molecule has 0 bridgehead atoms. The topological polar surface area (TPSA) is 0 Å². The van der Waals surface area contributed by atoms with Crippen LogP contribution in [-0.2, 0) is 0 Å². The minimum Gasteiger partial charge on any atom is -0.166 e. The molecule has 0 aliphatic carbocycles. The number of hydrogen-bond donors (Lipinski definition) is 0. The van der Waals surface area contributed by atoms with Crippen molar-refractivity contribution in [3.63, 3.8) is 0 Å². The van der Waals surface area contributed by atoms with E-state index in [-0.39, 0.29) is 0 Å². The summed E-state index contributed by atoms with van der Waals surface area (Å²) < 4.78 is 35.8. The Balaban J connectivity index is 4.37. The van der Waals surface area contributed by atoms with E-state index in [4.69, 9.17) is 0 Å². The molecule has 0 atom stereocenters. The van der Waals surface area contributed by atoms with Crippen LogP contribution in [0.4, 0.5) is 13.2 Å². The Kier molecular flexibility index (Phi) is 4.52. The van der Waals surface area contributed by atoms with Gasteiger partial charge in [-0.05, 0) is 13.3 Å². The highest BCUT2D eigenvalue weighted by Crippen LogP contribution is 2.25. The molecule has 0 spiro atoms. The Morgan fingerprint density at radius 1 is 1.31 bits per heavy atom. The van der Waals surface area contributed by atoms with Crippen LogP contribution in [0.3, 0.4) is 0 Å². The van der Waals surface area contributed by atoms with Crippen LogP contribution in [0, 0.1) is 0 Å². The first-order valence-corrected chi connectivity index (χ1v) is 4.01. The van der Waals surface area contributed by atoms with Crippen molar-refractivity contribution >= 4 is 0 Å². The smallest absolute Gasteiger partial charge is 0.166 e. The van der Waals surface area contributed by atoms with E-state index in [2.05, 4.69) is 6.58 Å². The molecule has 0 fully saturated rings. The maximum atomic E-state index is 11.9. The second kappa shape index (κ2) is 4.90. The van der Waals surface area contributed by atoms with E-state index in [0.717, 1.165) is 18.1 Å². The van der Waals surface area contributed by atoms with Crippen molar-refractivity contribution in [3.05, 3.63) is 36.0 Å². The molecule has 0 aliphatic rings. The molecule has 0 N–H and O–H groups in total. The van der Waals surface area contributed by atoms with Gasteiger partial charge in [-0.25, -0.2) is 0 Å². The fraction of sp³-hybridized carbons (Fsp3) is 0.400. The molecule has 0 rings (SSSR count). The van der Waals surface area contributed by atoms with E-state index in [1.165, 1.54) is 6.08 Å². The van der Waals surface area contributed by atoms with Gasteiger partial charge in [0.1, 0.15) is 0 Å². The monoisotopic (exact) mass is 190 g/mol. The number of hydrogen-bond acceptors (Lipinski definition) is 0. The van der Waals surface area contributed by atoms with Gasteiger partial charge in [-0.2, -0.15) is 13.2 Å². The predicted octanol–water partition coefficient (Wildman–Crippen LogP) is 4.02. The maximum Gasteiger partial charge on any atom is 0.415 e. The van der Waals surface area contributed by atoms with Crippen molar-refractivity contribution in [2.24, 2.45) is 0 Å². The Morgan fingerprint density at radius 3 is 2.15 bits per heavy atom. The summed E-state index contributed by atoms with van der Waals surface area (Å²) in [6.07, 6.45) is 0.621. The Labute approximate surface area is 76.5 Å². The van der Waals surface area contributed by atoms with Crippen LogP contribution in [0.1, 0.15) is 20.3 Å². The van der Waals surface area contributed by atoms with Gasteiger partial charge in [0.2, 0.25) is 0 Å². The number of allylic oxidation sites excluding steroid dienone is 5. The van der Waals surface area contributed by atoms with E-state index in [0.29, 0.717) is 0 Å². The van der Waals surface area contributed by atoms with Gasteiger partial charge in [-0.1, -0.05) is 37.3 Å². The summed E-state index contributed by atoms with van der Waals surface area (Å²) in [5.41, 5.74) is 0.0469. The van der Waals surface area contributed by atoms with Crippen LogP contribution >= 0.6 is 0 Å². The van der Waals surface area contributed by atoms with Gasteiger partial charge in [0.05, 0.1) is 0 Å². The molecule has 0 saturated carbocycles. The maximum absolute atomic E-state index is 11.9. The summed E-state index contributed by atoms with van der Waals surface area (Å²) in [6, 6.07) is 0. The largest absolute Gasteiger partial charge is 0.415 e. The summed E-state index contributed by atoms with van der Waals surface area (Å²) >= 11 is 0. The highest BCUT2D eigenvalue weighted by atomic mass is 19.4. The lowest BCUT2D eigenvalue weighted by Gasteiger charge is -2.04. The number of alkyl halides is 3. The quantitative estimate of drug-likeness (QED) is 0.589. The minimum absolute atomic E-state index is 0.720. The summed E-state index contributed by atoms with van der Waals surface area (Å²) in [4.78, 5) is 0. The normalized spacial score (nSPS) is 13.8. The average molecular weight is 190 g/mol. The molecule has 74 valence electrons. The first-order chi connectivity index (χ1) is 5.91. The molecular formula is C10H13F3. The van der Waals surface area contributed by atoms with Gasteiger partial charge < -0.3 is 0 Å². The van der Waals surface area contributed by atoms with Crippen molar-refractivity contribution in [2.45, 2.75) is 26.4 Å². The molecule has 0 aromatic rings. The second-order valence-electron chi connectivity index (χ2n) is 2.57. The highest BCUT2D eigenvalue weighted by molar-refractivity contribution is 5.28. The van der Waals surface area contributed by atoms with Crippen molar-refractivity contribution in [1.29, 1.82) is 0 Å². The molecule has 3 heteroatoms. The van der Waals surface area contributed by atoms with Crippen LogP contribution in [0.2, 0.25) is 0 Å². The lowest BCUT2D eigenvalue weighted by Crippen LogP contribution is -2.08. The Hall–Kier alpha value is -0.990. The summed E-state index contributed by atoms with van der Waals surface area (Å²) in [6.45, 7) is 6.60. The van der Waals surface area contributed by atoms with Gasteiger partial charge in [0.15, 0.2) is 0 Å². The molecule has 0 aliphatic heterocycles. The van der Waals surface area contributed by atoms with Gasteiger partial charge in [-0.3, -0.25) is 0 Å². The molecule has 0 saturated heterocycles. The molecule has 0 amide bonds. The fourth-order valence-electron chi connectivity index (χ4n) is 0.720. The van der Waals surface area contributed by atoms with Crippen molar-refractivity contribution < 1.29 is 13.2 Å².